The monoisotopic (exact) mass is 546 g/mol. The topological polar surface area (TPSA) is 65.0 Å². The second-order valence-corrected chi connectivity index (χ2v) is 11.2. The number of hydrogen-bond acceptors (Lipinski definition) is 7. The van der Waals surface area contributed by atoms with Crippen molar-refractivity contribution in [1.82, 2.24) is 19.8 Å². The Balaban J connectivity index is 1.31. The minimum absolute atomic E-state index is 0.0292. The lowest BCUT2D eigenvalue weighted by Gasteiger charge is -2.45. The molecule has 2 aromatic carbocycles. The van der Waals surface area contributed by atoms with Gasteiger partial charge in [0.2, 0.25) is 5.91 Å². The first-order chi connectivity index (χ1) is 18.9. The van der Waals surface area contributed by atoms with Crippen LogP contribution in [0.15, 0.2) is 49.1 Å². The number of carbonyl (C=O) groups excluding carboxylic acids is 1. The van der Waals surface area contributed by atoms with Gasteiger partial charge in [0.15, 0.2) is 0 Å². The first-order valence-electron chi connectivity index (χ1n) is 13.7. The zero-order valence-corrected chi connectivity index (χ0v) is 23.4. The van der Waals surface area contributed by atoms with Crippen molar-refractivity contribution in [2.24, 2.45) is 0 Å². The Hall–Kier alpha value is -3.36. The molecule has 2 saturated heterocycles. The van der Waals surface area contributed by atoms with Gasteiger partial charge in [-0.2, -0.15) is 9.97 Å². The van der Waals surface area contributed by atoms with Gasteiger partial charge in [-0.1, -0.05) is 42.4 Å². The van der Waals surface area contributed by atoms with Gasteiger partial charge in [-0.25, -0.2) is 0 Å². The first kappa shape index (κ1) is 25.9. The van der Waals surface area contributed by atoms with Crippen LogP contribution in [-0.4, -0.2) is 84.6 Å². The highest BCUT2D eigenvalue weighted by molar-refractivity contribution is 6.36. The van der Waals surface area contributed by atoms with Crippen molar-refractivity contribution in [2.45, 2.75) is 37.9 Å². The van der Waals surface area contributed by atoms with Crippen molar-refractivity contribution >= 4 is 39.8 Å². The second-order valence-electron chi connectivity index (χ2n) is 10.8. The zero-order valence-electron chi connectivity index (χ0n) is 22.6. The molecular formula is C30H35ClN6O2. The van der Waals surface area contributed by atoms with E-state index in [0.717, 1.165) is 64.5 Å². The fraction of sp³-hybridized carbons (Fsp3) is 0.433. The Morgan fingerprint density at radius 1 is 1.21 bits per heavy atom. The summed E-state index contributed by atoms with van der Waals surface area (Å²) in [6, 6.07) is 13.4. The highest BCUT2D eigenvalue weighted by Crippen LogP contribution is 2.37. The largest absolute Gasteiger partial charge is 0.462 e. The minimum atomic E-state index is -0.0292. The maximum atomic E-state index is 12.0. The lowest BCUT2D eigenvalue weighted by atomic mass is 10.0. The number of aromatic nitrogens is 2. The molecule has 1 aromatic heterocycles. The fourth-order valence-corrected chi connectivity index (χ4v) is 6.31. The summed E-state index contributed by atoms with van der Waals surface area (Å²) in [7, 11) is 4.21. The van der Waals surface area contributed by atoms with Gasteiger partial charge in [0.1, 0.15) is 12.4 Å². The molecule has 1 atom stereocenters. The van der Waals surface area contributed by atoms with Gasteiger partial charge in [-0.15, -0.1) is 0 Å². The number of benzene rings is 2. The lowest BCUT2D eigenvalue weighted by molar-refractivity contribution is -0.130. The predicted molar refractivity (Wildman–Crippen MR) is 156 cm³/mol. The molecule has 6 rings (SSSR count). The number of ether oxygens (including phenoxy) is 1. The molecule has 8 nitrogen and oxygen atoms in total. The van der Waals surface area contributed by atoms with E-state index in [1.165, 1.54) is 12.5 Å². The molecule has 3 aromatic rings. The molecule has 0 aliphatic carbocycles. The minimum Gasteiger partial charge on any atom is -0.462 e. The van der Waals surface area contributed by atoms with Crippen LogP contribution in [0.5, 0.6) is 6.01 Å². The Morgan fingerprint density at radius 2 is 2.00 bits per heavy atom. The van der Waals surface area contributed by atoms with Crippen LogP contribution < -0.4 is 14.5 Å². The maximum Gasteiger partial charge on any atom is 0.318 e. The van der Waals surface area contributed by atoms with Crippen LogP contribution in [0.4, 0.5) is 11.5 Å². The molecule has 204 valence electrons. The molecule has 3 aliphatic rings. The van der Waals surface area contributed by atoms with Gasteiger partial charge in [0.25, 0.3) is 0 Å². The molecule has 0 saturated carbocycles. The van der Waals surface area contributed by atoms with Crippen LogP contribution in [0.1, 0.15) is 24.1 Å². The quantitative estimate of drug-likeness (QED) is 0.412. The summed E-state index contributed by atoms with van der Waals surface area (Å²) >= 11 is 6.67. The normalized spacial score (nSPS) is 19.6. The highest BCUT2D eigenvalue weighted by atomic mass is 35.5. The summed E-state index contributed by atoms with van der Waals surface area (Å²) in [6.07, 6.45) is 4.50. The Labute approximate surface area is 234 Å². The maximum absolute atomic E-state index is 12.0. The Morgan fingerprint density at radius 3 is 2.74 bits per heavy atom. The number of likely N-dealkylation sites (N-methyl/N-ethyl adjacent to an activating group) is 2. The van der Waals surface area contributed by atoms with Crippen molar-refractivity contribution < 1.29 is 9.53 Å². The highest BCUT2D eigenvalue weighted by Gasteiger charge is 2.35. The summed E-state index contributed by atoms with van der Waals surface area (Å²) in [4.78, 5) is 30.6. The summed E-state index contributed by atoms with van der Waals surface area (Å²) in [5.41, 5.74) is 3.25. The molecule has 9 heteroatoms. The van der Waals surface area contributed by atoms with E-state index in [-0.39, 0.29) is 11.9 Å². The SMILES string of the molecule is C=CC(=O)N1CC(N(C)c2nc(OC[C@@H]3CCCN3C)nc3c2CCN(c2cccc4cccc(Cl)c24)C3)C1. The Bertz CT molecular complexity index is 1400. The lowest BCUT2D eigenvalue weighted by Crippen LogP contribution is -2.60. The Kier molecular flexibility index (Phi) is 7.08. The standard InChI is InChI=1S/C30H35ClN6O2/c1-4-27(38)37-16-22(17-37)35(3)29-23-13-15-36(26-12-6-9-20-8-5-11-24(31)28(20)26)18-25(23)32-30(33-29)39-19-21-10-7-14-34(21)2/h4-6,8-9,11-12,21-22H,1,7,10,13-19H2,2-3H3/t21-/m0/s1. The van der Waals surface area contributed by atoms with Gasteiger partial charge in [0.05, 0.1) is 23.3 Å². The molecule has 0 spiro atoms. The van der Waals surface area contributed by atoms with E-state index in [4.69, 9.17) is 26.3 Å². The number of likely N-dealkylation sites (tertiary alicyclic amines) is 2. The van der Waals surface area contributed by atoms with Gasteiger partial charge >= 0.3 is 6.01 Å². The molecule has 39 heavy (non-hydrogen) atoms. The van der Waals surface area contributed by atoms with Crippen LogP contribution in [0.2, 0.25) is 5.02 Å². The molecule has 0 N–H and O–H groups in total. The molecule has 0 radical (unpaired) electrons. The number of rotatable bonds is 7. The zero-order chi connectivity index (χ0) is 27.1. The molecule has 0 bridgehead atoms. The number of carbonyl (C=O) groups is 1. The van der Waals surface area contributed by atoms with Crippen molar-refractivity contribution in [3.8, 4) is 6.01 Å². The summed E-state index contributed by atoms with van der Waals surface area (Å²) in [5.74, 6) is 0.875. The smallest absolute Gasteiger partial charge is 0.318 e. The third-order valence-electron chi connectivity index (χ3n) is 8.50. The molecular weight excluding hydrogens is 512 g/mol. The van der Waals surface area contributed by atoms with Crippen molar-refractivity contribution in [3.05, 3.63) is 65.3 Å². The number of fused-ring (bicyclic) bond motifs is 2. The molecule has 2 fully saturated rings. The number of amides is 1. The van der Waals surface area contributed by atoms with Crippen molar-refractivity contribution in [2.75, 3.05) is 56.7 Å². The van der Waals surface area contributed by atoms with E-state index in [0.29, 0.717) is 38.3 Å². The molecule has 1 amide bonds. The van der Waals surface area contributed by atoms with E-state index in [9.17, 15) is 4.79 Å². The fourth-order valence-electron chi connectivity index (χ4n) is 6.03. The van der Waals surface area contributed by atoms with Crippen LogP contribution >= 0.6 is 11.6 Å². The average molecular weight is 547 g/mol. The van der Waals surface area contributed by atoms with Crippen molar-refractivity contribution in [1.29, 1.82) is 0 Å². The second kappa shape index (κ2) is 10.7. The summed E-state index contributed by atoms with van der Waals surface area (Å²) < 4.78 is 6.25. The number of hydrogen-bond donors (Lipinski definition) is 0. The number of halogens is 1. The summed E-state index contributed by atoms with van der Waals surface area (Å²) in [6.45, 7) is 8.08. The number of nitrogens with zero attached hydrogens (tertiary/aromatic N) is 6. The van der Waals surface area contributed by atoms with Gasteiger partial charge in [-0.05, 0) is 56.4 Å². The van der Waals surface area contributed by atoms with Gasteiger partial charge in [-0.3, -0.25) is 4.79 Å². The van der Waals surface area contributed by atoms with Crippen LogP contribution in [0.3, 0.4) is 0 Å². The van der Waals surface area contributed by atoms with E-state index in [1.807, 2.05) is 12.1 Å². The molecule has 3 aliphatic heterocycles. The van der Waals surface area contributed by atoms with E-state index in [1.54, 1.807) is 4.90 Å². The third kappa shape index (κ3) is 4.92. The number of anilines is 2. The third-order valence-corrected chi connectivity index (χ3v) is 8.82. The van der Waals surface area contributed by atoms with Crippen LogP contribution in [0.25, 0.3) is 10.8 Å². The van der Waals surface area contributed by atoms with Crippen LogP contribution in [0, 0.1) is 0 Å². The molecule has 4 heterocycles. The first-order valence-corrected chi connectivity index (χ1v) is 14.1. The van der Waals surface area contributed by atoms with Gasteiger partial charge in [0, 0.05) is 49.4 Å². The van der Waals surface area contributed by atoms with E-state index < -0.39 is 0 Å². The van der Waals surface area contributed by atoms with E-state index in [2.05, 4.69) is 59.6 Å². The molecule has 0 unspecified atom stereocenters. The van der Waals surface area contributed by atoms with Gasteiger partial charge < -0.3 is 24.3 Å². The van der Waals surface area contributed by atoms with Crippen LogP contribution in [-0.2, 0) is 17.8 Å². The predicted octanol–water partition coefficient (Wildman–Crippen LogP) is 4.15. The van der Waals surface area contributed by atoms with E-state index >= 15 is 0 Å². The summed E-state index contributed by atoms with van der Waals surface area (Å²) in [5, 5.41) is 2.95. The average Bonchev–Trinajstić information content (AvgIpc) is 3.34. The van der Waals surface area contributed by atoms with Crippen molar-refractivity contribution in [3.63, 3.8) is 0 Å².